The highest BCUT2D eigenvalue weighted by molar-refractivity contribution is 14.1. The standard InChI is InChI=1S/C7H13IOS/c8-6-4-2-1-3-5-7(9)10/h1-6H2,(H,9,10). The van der Waals surface area contributed by atoms with E-state index < -0.39 is 0 Å². The van der Waals surface area contributed by atoms with Crippen molar-refractivity contribution in [3.05, 3.63) is 0 Å². The topological polar surface area (TPSA) is 17.1 Å². The van der Waals surface area contributed by atoms with Crippen LogP contribution in [0.4, 0.5) is 0 Å². The molecule has 0 aliphatic carbocycles. The summed E-state index contributed by atoms with van der Waals surface area (Å²) in [5.41, 5.74) is 0. The largest absolute Gasteiger partial charge is 0.288 e. The van der Waals surface area contributed by atoms with Gasteiger partial charge in [-0.25, -0.2) is 0 Å². The van der Waals surface area contributed by atoms with Crippen LogP contribution in [0.25, 0.3) is 0 Å². The Bertz CT molecular complexity index is 95.6. The van der Waals surface area contributed by atoms with Gasteiger partial charge in [0.05, 0.1) is 0 Å². The van der Waals surface area contributed by atoms with Gasteiger partial charge in [-0.1, -0.05) is 35.4 Å². The molecule has 0 atom stereocenters. The highest BCUT2D eigenvalue weighted by Crippen LogP contribution is 2.05. The van der Waals surface area contributed by atoms with E-state index in [1.165, 1.54) is 23.7 Å². The van der Waals surface area contributed by atoms with Crippen molar-refractivity contribution >= 4 is 40.3 Å². The smallest absolute Gasteiger partial charge is 0.185 e. The van der Waals surface area contributed by atoms with Crippen LogP contribution in [0.15, 0.2) is 0 Å². The predicted octanol–water partition coefficient (Wildman–Crippen LogP) is 2.83. The second kappa shape index (κ2) is 7.85. The lowest BCUT2D eigenvalue weighted by molar-refractivity contribution is -0.110. The zero-order valence-corrected chi connectivity index (χ0v) is 9.03. The first-order valence-corrected chi connectivity index (χ1v) is 5.52. The van der Waals surface area contributed by atoms with E-state index >= 15 is 0 Å². The first kappa shape index (κ1) is 10.8. The number of unbranched alkanes of at least 4 members (excludes halogenated alkanes) is 3. The summed E-state index contributed by atoms with van der Waals surface area (Å²) in [6.45, 7) is 0. The molecule has 0 heterocycles. The molecule has 0 unspecified atom stereocenters. The number of thiol groups is 1. The molecule has 3 heteroatoms. The molecular weight excluding hydrogens is 259 g/mol. The molecule has 0 saturated heterocycles. The van der Waals surface area contributed by atoms with Crippen LogP contribution in [0.3, 0.4) is 0 Å². The zero-order chi connectivity index (χ0) is 7.82. The van der Waals surface area contributed by atoms with Crippen LogP contribution in [0.5, 0.6) is 0 Å². The van der Waals surface area contributed by atoms with E-state index in [-0.39, 0.29) is 5.12 Å². The van der Waals surface area contributed by atoms with Crippen molar-refractivity contribution in [1.29, 1.82) is 0 Å². The maximum Gasteiger partial charge on any atom is 0.185 e. The molecule has 0 amide bonds. The molecule has 0 aliphatic rings. The Morgan fingerprint density at radius 1 is 1.20 bits per heavy atom. The van der Waals surface area contributed by atoms with E-state index in [0.29, 0.717) is 6.42 Å². The van der Waals surface area contributed by atoms with Crippen molar-refractivity contribution in [2.75, 3.05) is 4.43 Å². The normalized spacial score (nSPS) is 9.80. The first-order chi connectivity index (χ1) is 4.77. The van der Waals surface area contributed by atoms with Crippen LogP contribution in [0.1, 0.15) is 32.1 Å². The van der Waals surface area contributed by atoms with Crippen molar-refractivity contribution in [1.82, 2.24) is 0 Å². The Hall–Kier alpha value is 0.750. The molecule has 0 aliphatic heterocycles. The maximum absolute atomic E-state index is 10.3. The second-order valence-corrected chi connectivity index (χ2v) is 3.82. The fourth-order valence-corrected chi connectivity index (χ4v) is 1.42. The summed E-state index contributed by atoms with van der Waals surface area (Å²) < 4.78 is 1.23. The highest BCUT2D eigenvalue weighted by atomic mass is 127. The molecule has 0 spiro atoms. The number of carbonyl (C=O) groups is 1. The van der Waals surface area contributed by atoms with Crippen molar-refractivity contribution in [2.24, 2.45) is 0 Å². The molecule has 0 aromatic carbocycles. The van der Waals surface area contributed by atoms with Gasteiger partial charge in [0.2, 0.25) is 0 Å². The lowest BCUT2D eigenvalue weighted by Crippen LogP contribution is -1.86. The average molecular weight is 272 g/mol. The zero-order valence-electron chi connectivity index (χ0n) is 5.98. The van der Waals surface area contributed by atoms with Crippen LogP contribution in [-0.2, 0) is 4.79 Å². The van der Waals surface area contributed by atoms with Crippen LogP contribution in [-0.4, -0.2) is 9.54 Å². The highest BCUT2D eigenvalue weighted by Gasteiger charge is 1.93. The molecule has 0 fully saturated rings. The van der Waals surface area contributed by atoms with Gasteiger partial charge < -0.3 is 0 Å². The summed E-state index contributed by atoms with van der Waals surface area (Å²) >= 11 is 6.05. The lowest BCUT2D eigenvalue weighted by atomic mass is 10.2. The number of alkyl halides is 1. The summed E-state index contributed by atoms with van der Waals surface area (Å²) in [7, 11) is 0. The fourth-order valence-electron chi connectivity index (χ4n) is 0.724. The number of halogens is 1. The molecule has 0 aromatic rings. The van der Waals surface area contributed by atoms with Gasteiger partial charge >= 0.3 is 0 Å². The molecule has 0 bridgehead atoms. The van der Waals surface area contributed by atoms with Gasteiger partial charge in [0.15, 0.2) is 5.12 Å². The van der Waals surface area contributed by atoms with E-state index in [1.54, 1.807) is 0 Å². The molecular formula is C7H13IOS. The number of hydrogen-bond acceptors (Lipinski definition) is 1. The van der Waals surface area contributed by atoms with Crippen LogP contribution >= 0.6 is 35.2 Å². The molecule has 0 N–H and O–H groups in total. The second-order valence-electron chi connectivity index (χ2n) is 2.25. The third-order valence-corrected chi connectivity index (χ3v) is 2.26. The van der Waals surface area contributed by atoms with Crippen LogP contribution in [0.2, 0.25) is 0 Å². The van der Waals surface area contributed by atoms with E-state index in [2.05, 4.69) is 35.2 Å². The lowest BCUT2D eigenvalue weighted by Gasteiger charge is -1.95. The molecule has 60 valence electrons. The Morgan fingerprint density at radius 3 is 2.30 bits per heavy atom. The van der Waals surface area contributed by atoms with Gasteiger partial charge in [-0.15, -0.1) is 12.6 Å². The Kier molecular flexibility index (Phi) is 8.44. The Labute approximate surface area is 81.5 Å². The minimum absolute atomic E-state index is 0.0227. The number of carbonyl (C=O) groups excluding carboxylic acids is 1. The van der Waals surface area contributed by atoms with E-state index in [1.807, 2.05) is 0 Å². The van der Waals surface area contributed by atoms with E-state index in [9.17, 15) is 4.79 Å². The van der Waals surface area contributed by atoms with Crippen molar-refractivity contribution < 1.29 is 4.79 Å². The van der Waals surface area contributed by atoms with Gasteiger partial charge in [0.1, 0.15) is 0 Å². The van der Waals surface area contributed by atoms with Gasteiger partial charge in [0.25, 0.3) is 0 Å². The molecule has 0 saturated carbocycles. The summed E-state index contributed by atoms with van der Waals surface area (Å²) in [4.78, 5) is 10.3. The minimum atomic E-state index is 0.0227. The van der Waals surface area contributed by atoms with Crippen molar-refractivity contribution in [3.8, 4) is 0 Å². The Morgan fingerprint density at radius 2 is 1.80 bits per heavy atom. The SMILES string of the molecule is O=C(S)CCCCCCI. The molecule has 1 nitrogen and oxygen atoms in total. The molecule has 10 heavy (non-hydrogen) atoms. The van der Waals surface area contributed by atoms with Crippen molar-refractivity contribution in [2.45, 2.75) is 32.1 Å². The third kappa shape index (κ3) is 8.75. The summed E-state index contributed by atoms with van der Waals surface area (Å²) in [5.74, 6) is 0. The first-order valence-electron chi connectivity index (χ1n) is 3.55. The van der Waals surface area contributed by atoms with Crippen LogP contribution < -0.4 is 0 Å². The summed E-state index contributed by atoms with van der Waals surface area (Å²) in [6, 6.07) is 0. The monoisotopic (exact) mass is 272 g/mol. The van der Waals surface area contributed by atoms with Gasteiger partial charge in [-0.3, -0.25) is 4.79 Å². The average Bonchev–Trinajstić information content (AvgIpc) is 1.87. The van der Waals surface area contributed by atoms with Crippen LogP contribution in [0, 0.1) is 0 Å². The molecule has 0 radical (unpaired) electrons. The van der Waals surface area contributed by atoms with Gasteiger partial charge in [-0.2, -0.15) is 0 Å². The number of hydrogen-bond donors (Lipinski definition) is 1. The Balaban J connectivity index is 2.84. The third-order valence-electron chi connectivity index (χ3n) is 1.27. The van der Waals surface area contributed by atoms with Gasteiger partial charge in [0, 0.05) is 6.42 Å². The summed E-state index contributed by atoms with van der Waals surface area (Å²) in [6.07, 6.45) is 5.37. The summed E-state index contributed by atoms with van der Waals surface area (Å²) in [5, 5.41) is 0.0227. The minimum Gasteiger partial charge on any atom is -0.288 e. The molecule has 0 rings (SSSR count). The quantitative estimate of drug-likeness (QED) is 0.340. The van der Waals surface area contributed by atoms with E-state index in [4.69, 9.17) is 0 Å². The van der Waals surface area contributed by atoms with Gasteiger partial charge in [-0.05, 0) is 17.3 Å². The fraction of sp³-hybridized carbons (Fsp3) is 0.857. The van der Waals surface area contributed by atoms with Crippen molar-refractivity contribution in [3.63, 3.8) is 0 Å². The molecule has 0 aromatic heterocycles. The predicted molar refractivity (Wildman–Crippen MR) is 56.0 cm³/mol. The maximum atomic E-state index is 10.3. The van der Waals surface area contributed by atoms with E-state index in [0.717, 1.165) is 6.42 Å². The number of rotatable bonds is 6.